The molecule has 4 nitrogen and oxygen atoms in total. The molecule has 0 N–H and O–H groups in total. The molecule has 11 rings (SSSR count). The smallest absolute Gasteiger partial charge is 0.227 e. The average Bonchev–Trinajstić information content (AvgIpc) is 3.90. The van der Waals surface area contributed by atoms with Crippen LogP contribution in [0.3, 0.4) is 0 Å². The van der Waals surface area contributed by atoms with Crippen molar-refractivity contribution in [1.29, 1.82) is 0 Å². The van der Waals surface area contributed by atoms with Crippen molar-refractivity contribution in [2.45, 2.75) is 0 Å². The van der Waals surface area contributed by atoms with Crippen LogP contribution in [0.25, 0.3) is 105 Å². The van der Waals surface area contributed by atoms with Crippen molar-refractivity contribution in [3.05, 3.63) is 170 Å². The van der Waals surface area contributed by atoms with Crippen molar-refractivity contribution < 1.29 is 8.83 Å². The van der Waals surface area contributed by atoms with Crippen LogP contribution >= 0.6 is 0 Å². The summed E-state index contributed by atoms with van der Waals surface area (Å²) in [5.74, 6) is 0.578. The molecule has 0 aliphatic carbocycles. The summed E-state index contributed by atoms with van der Waals surface area (Å²) in [6.45, 7) is 0. The lowest BCUT2D eigenvalue weighted by Crippen LogP contribution is -1.93. The molecule has 0 aliphatic rings. The summed E-state index contributed by atoms with van der Waals surface area (Å²) < 4.78 is 15.5. The SMILES string of the molecule is c1ccc2cc(-c3ccc(-c4cc5nc(-c6ccc(-n7c8ccccc8c8ccccc87)cc6)oc5c5c4oc4ccccc45)cc3)ccc2c1. The predicted molar refractivity (Wildman–Crippen MR) is 209 cm³/mol. The molecule has 0 amide bonds. The van der Waals surface area contributed by atoms with E-state index in [9.17, 15) is 0 Å². The number of aromatic nitrogens is 2. The van der Waals surface area contributed by atoms with Gasteiger partial charge in [-0.3, -0.25) is 0 Å². The minimum Gasteiger partial charge on any atom is -0.455 e. The van der Waals surface area contributed by atoms with Gasteiger partial charge in [0.05, 0.1) is 16.4 Å². The number of rotatable bonds is 4. The van der Waals surface area contributed by atoms with Gasteiger partial charge in [-0.1, -0.05) is 115 Å². The summed E-state index contributed by atoms with van der Waals surface area (Å²) in [5.41, 5.74) is 11.9. The molecule has 0 unspecified atom stereocenters. The van der Waals surface area contributed by atoms with E-state index >= 15 is 0 Å². The van der Waals surface area contributed by atoms with Gasteiger partial charge in [-0.25, -0.2) is 4.98 Å². The molecule has 0 saturated carbocycles. The zero-order valence-electron chi connectivity index (χ0n) is 27.4. The first-order chi connectivity index (χ1) is 25.3. The predicted octanol–water partition coefficient (Wildman–Crippen LogP) is 13.0. The van der Waals surface area contributed by atoms with E-state index in [1.54, 1.807) is 0 Å². The van der Waals surface area contributed by atoms with E-state index in [1.807, 2.05) is 18.2 Å². The van der Waals surface area contributed by atoms with Gasteiger partial charge in [0.25, 0.3) is 0 Å². The number of fused-ring (bicyclic) bond motifs is 9. The van der Waals surface area contributed by atoms with Crippen molar-refractivity contribution >= 4 is 65.6 Å². The fourth-order valence-corrected chi connectivity index (χ4v) is 7.77. The van der Waals surface area contributed by atoms with Gasteiger partial charge in [0.2, 0.25) is 5.89 Å². The second kappa shape index (κ2) is 10.8. The van der Waals surface area contributed by atoms with Crippen molar-refractivity contribution in [3.8, 4) is 39.4 Å². The second-order valence-corrected chi connectivity index (χ2v) is 13.1. The molecule has 51 heavy (non-hydrogen) atoms. The minimum absolute atomic E-state index is 0.578. The molecule has 0 atom stereocenters. The summed E-state index contributed by atoms with van der Waals surface area (Å²) in [7, 11) is 0. The third-order valence-electron chi connectivity index (χ3n) is 10.2. The number of hydrogen-bond donors (Lipinski definition) is 0. The van der Waals surface area contributed by atoms with E-state index in [4.69, 9.17) is 13.8 Å². The molecule has 3 heterocycles. The first-order valence-electron chi connectivity index (χ1n) is 17.2. The first-order valence-corrected chi connectivity index (χ1v) is 17.2. The summed E-state index contributed by atoms with van der Waals surface area (Å²) in [6.07, 6.45) is 0. The molecular weight excluding hydrogens is 625 g/mol. The van der Waals surface area contributed by atoms with E-state index in [1.165, 1.54) is 43.7 Å². The zero-order chi connectivity index (χ0) is 33.5. The number of hydrogen-bond acceptors (Lipinski definition) is 3. The highest BCUT2D eigenvalue weighted by atomic mass is 16.4. The Kier molecular flexibility index (Phi) is 5.92. The van der Waals surface area contributed by atoms with Crippen LogP contribution in [0.1, 0.15) is 0 Å². The molecule has 0 fully saturated rings. The maximum Gasteiger partial charge on any atom is 0.227 e. The van der Waals surface area contributed by atoms with Crippen LogP contribution in [0.2, 0.25) is 0 Å². The topological polar surface area (TPSA) is 44.1 Å². The Morgan fingerprint density at radius 3 is 1.80 bits per heavy atom. The van der Waals surface area contributed by atoms with Gasteiger partial charge in [0.1, 0.15) is 16.7 Å². The summed E-state index contributed by atoms with van der Waals surface area (Å²) in [5, 5.41) is 6.91. The van der Waals surface area contributed by atoms with Crippen LogP contribution in [0, 0.1) is 0 Å². The standard InChI is InChI=1S/C47H28N2O2/c1-2-10-33-27-34(22-19-29(33)9-1)30-17-20-31(21-18-30)39-28-40-46(44-38-13-5-8-16-43(38)50-45(39)44)51-47(48-40)32-23-25-35(26-24-32)49-41-14-6-3-11-36(41)37-12-4-7-15-42(37)49/h1-28H. The lowest BCUT2D eigenvalue weighted by Gasteiger charge is -2.08. The van der Waals surface area contributed by atoms with Gasteiger partial charge in [-0.05, 0) is 82.1 Å². The summed E-state index contributed by atoms with van der Waals surface area (Å²) >= 11 is 0. The Balaban J connectivity index is 1.03. The fourth-order valence-electron chi connectivity index (χ4n) is 7.77. The molecule has 11 aromatic rings. The summed E-state index contributed by atoms with van der Waals surface area (Å²) in [6, 6.07) is 59.7. The van der Waals surface area contributed by atoms with Crippen molar-refractivity contribution in [1.82, 2.24) is 9.55 Å². The maximum absolute atomic E-state index is 6.63. The highest BCUT2D eigenvalue weighted by Gasteiger charge is 2.21. The quantitative estimate of drug-likeness (QED) is 0.190. The lowest BCUT2D eigenvalue weighted by atomic mass is 9.97. The van der Waals surface area contributed by atoms with Crippen LogP contribution in [0.5, 0.6) is 0 Å². The third kappa shape index (κ3) is 4.30. The van der Waals surface area contributed by atoms with Crippen LogP contribution < -0.4 is 0 Å². The Hall–Kier alpha value is -6.91. The van der Waals surface area contributed by atoms with Crippen LogP contribution in [-0.2, 0) is 0 Å². The third-order valence-corrected chi connectivity index (χ3v) is 10.2. The van der Waals surface area contributed by atoms with Crippen molar-refractivity contribution in [2.75, 3.05) is 0 Å². The molecule has 0 aliphatic heterocycles. The molecule has 0 bridgehead atoms. The molecule has 4 heteroatoms. The van der Waals surface area contributed by atoms with Crippen LogP contribution in [-0.4, -0.2) is 9.55 Å². The number of benzene rings is 8. The van der Waals surface area contributed by atoms with Gasteiger partial charge < -0.3 is 13.4 Å². The van der Waals surface area contributed by atoms with E-state index in [-0.39, 0.29) is 0 Å². The van der Waals surface area contributed by atoms with Crippen molar-refractivity contribution in [2.24, 2.45) is 0 Å². The molecule has 238 valence electrons. The number of oxazole rings is 1. The Morgan fingerprint density at radius 2 is 1.04 bits per heavy atom. The average molecular weight is 653 g/mol. The molecule has 0 saturated heterocycles. The van der Waals surface area contributed by atoms with Crippen LogP contribution in [0.15, 0.2) is 179 Å². The molecule has 8 aromatic carbocycles. The Bertz CT molecular complexity index is 3070. The van der Waals surface area contributed by atoms with E-state index in [0.717, 1.165) is 55.4 Å². The molecule has 0 spiro atoms. The fraction of sp³-hybridized carbons (Fsp3) is 0. The van der Waals surface area contributed by atoms with Gasteiger partial charge in [-0.2, -0.15) is 0 Å². The van der Waals surface area contributed by atoms with E-state index < -0.39 is 0 Å². The van der Waals surface area contributed by atoms with Gasteiger partial charge >= 0.3 is 0 Å². The number of para-hydroxylation sites is 3. The molecule has 3 aromatic heterocycles. The van der Waals surface area contributed by atoms with Gasteiger partial charge in [0.15, 0.2) is 5.58 Å². The largest absolute Gasteiger partial charge is 0.455 e. The van der Waals surface area contributed by atoms with E-state index in [0.29, 0.717) is 5.89 Å². The first kappa shape index (κ1) is 28.0. The van der Waals surface area contributed by atoms with Gasteiger partial charge in [0, 0.05) is 33.0 Å². The second-order valence-electron chi connectivity index (χ2n) is 13.1. The van der Waals surface area contributed by atoms with E-state index in [2.05, 4.69) is 156 Å². The summed E-state index contributed by atoms with van der Waals surface area (Å²) in [4.78, 5) is 5.08. The molecular formula is C47H28N2O2. The molecule has 0 radical (unpaired) electrons. The number of nitrogens with zero attached hydrogens (tertiary/aromatic N) is 2. The maximum atomic E-state index is 6.63. The normalized spacial score (nSPS) is 11.9. The zero-order valence-corrected chi connectivity index (χ0v) is 27.4. The Labute approximate surface area is 292 Å². The lowest BCUT2D eigenvalue weighted by molar-refractivity contribution is 0.622. The highest BCUT2D eigenvalue weighted by molar-refractivity contribution is 6.20. The minimum atomic E-state index is 0.578. The number of furan rings is 1. The van der Waals surface area contributed by atoms with Crippen molar-refractivity contribution in [3.63, 3.8) is 0 Å². The van der Waals surface area contributed by atoms with Crippen LogP contribution in [0.4, 0.5) is 0 Å². The van der Waals surface area contributed by atoms with Gasteiger partial charge in [-0.15, -0.1) is 0 Å². The highest BCUT2D eigenvalue weighted by Crippen LogP contribution is 2.43. The Morgan fingerprint density at radius 1 is 0.431 bits per heavy atom. The monoisotopic (exact) mass is 652 g/mol.